The molecule has 1 aliphatic heterocycles. The first-order valence-corrected chi connectivity index (χ1v) is 5.43. The maximum absolute atomic E-state index is 5.82. The summed E-state index contributed by atoms with van der Waals surface area (Å²) in [4.78, 5) is 2.47. The third-order valence-electron chi connectivity index (χ3n) is 3.89. The van der Waals surface area contributed by atoms with Crippen molar-refractivity contribution in [2.45, 2.75) is 19.3 Å². The van der Waals surface area contributed by atoms with E-state index in [1.54, 1.807) is 0 Å². The second kappa shape index (κ2) is 3.56. The van der Waals surface area contributed by atoms with Crippen LogP contribution in [0.15, 0.2) is 0 Å². The maximum atomic E-state index is 5.82. The third kappa shape index (κ3) is 1.73. The molecule has 0 bridgehead atoms. The Kier molecular flexibility index (Phi) is 2.58. The van der Waals surface area contributed by atoms with Crippen molar-refractivity contribution >= 4 is 0 Å². The van der Waals surface area contributed by atoms with Gasteiger partial charge < -0.3 is 16.4 Å². The lowest BCUT2D eigenvalue weighted by Gasteiger charge is -2.38. The fraction of sp³-hybridized carbons (Fsp3) is 1.00. The van der Waals surface area contributed by atoms with Crippen molar-refractivity contribution < 1.29 is 0 Å². The molecule has 1 saturated carbocycles. The number of nitrogens with zero attached hydrogens (tertiary/aromatic N) is 1. The van der Waals surface area contributed by atoms with Crippen LogP contribution < -0.4 is 11.5 Å². The Morgan fingerprint density at radius 2 is 2.00 bits per heavy atom. The van der Waals surface area contributed by atoms with Crippen LogP contribution in [0.4, 0.5) is 0 Å². The molecule has 4 N–H and O–H groups in total. The first-order chi connectivity index (χ1) is 6.30. The molecular formula is C10H21N3. The highest BCUT2D eigenvalue weighted by molar-refractivity contribution is 5.02. The van der Waals surface area contributed by atoms with Gasteiger partial charge in [0.05, 0.1) is 0 Å². The van der Waals surface area contributed by atoms with Crippen molar-refractivity contribution in [2.75, 3.05) is 32.7 Å². The number of rotatable bonds is 3. The zero-order valence-corrected chi connectivity index (χ0v) is 8.34. The summed E-state index contributed by atoms with van der Waals surface area (Å²) in [5.74, 6) is 0.743. The number of hydrogen-bond donors (Lipinski definition) is 2. The van der Waals surface area contributed by atoms with Gasteiger partial charge >= 0.3 is 0 Å². The van der Waals surface area contributed by atoms with E-state index in [2.05, 4.69) is 4.90 Å². The van der Waals surface area contributed by atoms with Crippen LogP contribution in [0.5, 0.6) is 0 Å². The monoisotopic (exact) mass is 183 g/mol. The van der Waals surface area contributed by atoms with E-state index in [-0.39, 0.29) is 0 Å². The molecule has 2 aliphatic rings. The molecule has 0 aromatic heterocycles. The van der Waals surface area contributed by atoms with Gasteiger partial charge in [-0.3, -0.25) is 0 Å². The summed E-state index contributed by atoms with van der Waals surface area (Å²) < 4.78 is 0. The van der Waals surface area contributed by atoms with Crippen molar-refractivity contribution in [2.24, 2.45) is 22.8 Å². The average Bonchev–Trinajstić information content (AvgIpc) is 2.90. The predicted octanol–water partition coefficient (Wildman–Crippen LogP) is 0.00590. The number of nitrogens with two attached hydrogens (primary N) is 2. The van der Waals surface area contributed by atoms with E-state index in [9.17, 15) is 0 Å². The molecule has 76 valence electrons. The van der Waals surface area contributed by atoms with Gasteiger partial charge in [0.15, 0.2) is 0 Å². The zero-order chi connectivity index (χ0) is 9.31. The van der Waals surface area contributed by atoms with Crippen molar-refractivity contribution in [3.63, 3.8) is 0 Å². The lowest BCUT2D eigenvalue weighted by molar-refractivity contribution is 0.111. The SMILES string of the molecule is NCCN1CCC2(CC2)C(CN)C1. The van der Waals surface area contributed by atoms with E-state index < -0.39 is 0 Å². The molecule has 2 fully saturated rings. The Balaban J connectivity index is 1.90. The largest absolute Gasteiger partial charge is 0.330 e. The van der Waals surface area contributed by atoms with E-state index in [1.807, 2.05) is 0 Å². The van der Waals surface area contributed by atoms with E-state index >= 15 is 0 Å². The fourth-order valence-corrected chi connectivity index (χ4v) is 2.71. The van der Waals surface area contributed by atoms with E-state index in [4.69, 9.17) is 11.5 Å². The molecule has 13 heavy (non-hydrogen) atoms. The maximum Gasteiger partial charge on any atom is 0.0105 e. The van der Waals surface area contributed by atoms with Crippen LogP contribution in [0, 0.1) is 11.3 Å². The van der Waals surface area contributed by atoms with Crippen LogP contribution in [-0.2, 0) is 0 Å². The minimum atomic E-state index is 0.667. The Morgan fingerprint density at radius 1 is 1.23 bits per heavy atom. The highest BCUT2D eigenvalue weighted by Gasteiger charge is 2.50. The molecule has 3 heteroatoms. The number of piperidine rings is 1. The smallest absolute Gasteiger partial charge is 0.0105 e. The molecule has 1 unspecified atom stereocenters. The lowest BCUT2D eigenvalue weighted by atomic mass is 9.82. The van der Waals surface area contributed by atoms with Crippen LogP contribution in [0.1, 0.15) is 19.3 Å². The van der Waals surface area contributed by atoms with Gasteiger partial charge in [-0.1, -0.05) is 0 Å². The van der Waals surface area contributed by atoms with Crippen LogP contribution in [0.3, 0.4) is 0 Å². The Labute approximate surface area is 80.5 Å². The van der Waals surface area contributed by atoms with Crippen LogP contribution >= 0.6 is 0 Å². The van der Waals surface area contributed by atoms with Gasteiger partial charge in [-0.15, -0.1) is 0 Å². The van der Waals surface area contributed by atoms with E-state index in [1.165, 1.54) is 32.4 Å². The summed E-state index contributed by atoms with van der Waals surface area (Å²) in [6, 6.07) is 0. The normalized spacial score (nSPS) is 32.3. The van der Waals surface area contributed by atoms with Gasteiger partial charge in [0, 0.05) is 19.6 Å². The summed E-state index contributed by atoms with van der Waals surface area (Å²) >= 11 is 0. The van der Waals surface area contributed by atoms with Gasteiger partial charge in [0.2, 0.25) is 0 Å². The second-order valence-corrected chi connectivity index (χ2v) is 4.63. The molecule has 1 atom stereocenters. The highest BCUT2D eigenvalue weighted by atomic mass is 15.1. The third-order valence-corrected chi connectivity index (χ3v) is 3.89. The average molecular weight is 183 g/mol. The van der Waals surface area contributed by atoms with Crippen molar-refractivity contribution in [1.29, 1.82) is 0 Å². The summed E-state index contributed by atoms with van der Waals surface area (Å²) in [5.41, 5.74) is 12.0. The first-order valence-electron chi connectivity index (χ1n) is 5.43. The molecule has 1 aliphatic carbocycles. The topological polar surface area (TPSA) is 55.3 Å². The molecule has 0 radical (unpaired) electrons. The standard InChI is InChI=1S/C10H21N3/c11-4-6-13-5-3-10(1-2-10)9(7-12)8-13/h9H,1-8,11-12H2. The second-order valence-electron chi connectivity index (χ2n) is 4.63. The van der Waals surface area contributed by atoms with Crippen LogP contribution in [0.25, 0.3) is 0 Å². The summed E-state index contributed by atoms with van der Waals surface area (Å²) in [6.45, 7) is 5.12. The molecule has 1 heterocycles. The van der Waals surface area contributed by atoms with Crippen molar-refractivity contribution in [3.8, 4) is 0 Å². The quantitative estimate of drug-likeness (QED) is 0.648. The molecule has 3 nitrogen and oxygen atoms in total. The zero-order valence-electron chi connectivity index (χ0n) is 8.34. The predicted molar refractivity (Wildman–Crippen MR) is 54.3 cm³/mol. The van der Waals surface area contributed by atoms with Crippen molar-refractivity contribution in [3.05, 3.63) is 0 Å². The van der Waals surface area contributed by atoms with Gasteiger partial charge in [0.25, 0.3) is 0 Å². The number of hydrogen-bond acceptors (Lipinski definition) is 3. The molecule has 2 rings (SSSR count). The van der Waals surface area contributed by atoms with E-state index in [0.29, 0.717) is 5.41 Å². The molecule has 0 aromatic rings. The Bertz CT molecular complexity index is 177. The molecule has 0 amide bonds. The molecule has 1 spiro atoms. The first kappa shape index (κ1) is 9.44. The van der Waals surface area contributed by atoms with Gasteiger partial charge in [-0.25, -0.2) is 0 Å². The Hall–Kier alpha value is -0.120. The molecule has 1 saturated heterocycles. The minimum Gasteiger partial charge on any atom is -0.330 e. The van der Waals surface area contributed by atoms with Gasteiger partial charge in [-0.05, 0) is 43.7 Å². The van der Waals surface area contributed by atoms with Crippen molar-refractivity contribution in [1.82, 2.24) is 4.90 Å². The van der Waals surface area contributed by atoms with Gasteiger partial charge in [0.1, 0.15) is 0 Å². The number of likely N-dealkylation sites (tertiary alicyclic amines) is 1. The lowest BCUT2D eigenvalue weighted by Crippen LogP contribution is -2.46. The Morgan fingerprint density at radius 3 is 2.54 bits per heavy atom. The summed E-state index contributed by atoms with van der Waals surface area (Å²) in [7, 11) is 0. The van der Waals surface area contributed by atoms with Crippen LogP contribution in [0.2, 0.25) is 0 Å². The van der Waals surface area contributed by atoms with Crippen LogP contribution in [-0.4, -0.2) is 37.6 Å². The van der Waals surface area contributed by atoms with E-state index in [0.717, 1.165) is 25.6 Å². The highest BCUT2D eigenvalue weighted by Crippen LogP contribution is 2.56. The fourth-order valence-electron chi connectivity index (χ4n) is 2.71. The summed E-state index contributed by atoms with van der Waals surface area (Å²) in [6.07, 6.45) is 4.20. The molecule has 0 aromatic carbocycles. The molecular weight excluding hydrogens is 162 g/mol. The minimum absolute atomic E-state index is 0.667. The van der Waals surface area contributed by atoms with Gasteiger partial charge in [-0.2, -0.15) is 0 Å². The summed E-state index contributed by atoms with van der Waals surface area (Å²) in [5, 5.41) is 0.